The van der Waals surface area contributed by atoms with Crippen molar-refractivity contribution in [1.29, 1.82) is 0 Å². The molecule has 0 aromatic rings. The van der Waals surface area contributed by atoms with Gasteiger partial charge in [0.1, 0.15) is 0 Å². The molecular weight excluding hydrogens is 156 g/mol. The Kier molecular flexibility index (Phi) is 6.22. The fourth-order valence-electron chi connectivity index (χ4n) is 1.35. The summed E-state index contributed by atoms with van der Waals surface area (Å²) >= 11 is 0. The van der Waals surface area contributed by atoms with Gasteiger partial charge in [-0.15, -0.1) is 0 Å². The molecule has 0 saturated heterocycles. The van der Waals surface area contributed by atoms with E-state index in [9.17, 15) is 0 Å². The Bertz CT molecular complexity index is 164. The number of hydrogen-bond acceptors (Lipinski definition) is 0. The minimum atomic E-state index is 1.08. The van der Waals surface area contributed by atoms with Gasteiger partial charge < -0.3 is 0 Å². The second kappa shape index (κ2) is 7.85. The summed E-state index contributed by atoms with van der Waals surface area (Å²) in [7, 11) is 0. The van der Waals surface area contributed by atoms with Crippen molar-refractivity contribution in [2.45, 2.75) is 38.5 Å². The Hall–Kier alpha value is -0.780. The molecule has 13 heavy (non-hydrogen) atoms. The van der Waals surface area contributed by atoms with Crippen molar-refractivity contribution in [3.63, 3.8) is 0 Å². The zero-order chi connectivity index (χ0) is 9.19. The summed E-state index contributed by atoms with van der Waals surface area (Å²) in [5.74, 6) is 0. The highest BCUT2D eigenvalue weighted by molar-refractivity contribution is 4.98. The molecule has 0 N–H and O–H groups in total. The SMILES string of the molecule is [CH]1C/C=C\C/C=C\C/C=C/CCC1. The van der Waals surface area contributed by atoms with Gasteiger partial charge in [0.25, 0.3) is 0 Å². The molecule has 0 amide bonds. The molecule has 0 nitrogen and oxygen atoms in total. The van der Waals surface area contributed by atoms with Gasteiger partial charge in [-0.2, -0.15) is 0 Å². The first-order chi connectivity index (χ1) is 6.50. The highest BCUT2D eigenvalue weighted by atomic mass is 13.9. The molecule has 0 heteroatoms. The normalized spacial score (nSPS) is 27.7. The van der Waals surface area contributed by atoms with E-state index in [1.54, 1.807) is 0 Å². The van der Waals surface area contributed by atoms with Gasteiger partial charge in [0.2, 0.25) is 0 Å². The average Bonchev–Trinajstić information content (AvgIpc) is 2.18. The Morgan fingerprint density at radius 1 is 0.538 bits per heavy atom. The van der Waals surface area contributed by atoms with E-state index in [2.05, 4.69) is 42.9 Å². The van der Waals surface area contributed by atoms with E-state index in [1.165, 1.54) is 19.3 Å². The molecule has 0 fully saturated rings. The molecule has 0 aromatic carbocycles. The first-order valence-electron chi connectivity index (χ1n) is 5.27. The molecule has 0 atom stereocenters. The number of hydrogen-bond donors (Lipinski definition) is 0. The summed E-state index contributed by atoms with van der Waals surface area (Å²) in [4.78, 5) is 0. The fourth-order valence-corrected chi connectivity index (χ4v) is 1.35. The van der Waals surface area contributed by atoms with E-state index in [1.807, 2.05) is 0 Å². The van der Waals surface area contributed by atoms with Crippen LogP contribution in [0.2, 0.25) is 0 Å². The van der Waals surface area contributed by atoms with Crippen molar-refractivity contribution in [2.75, 3.05) is 0 Å². The van der Waals surface area contributed by atoms with Crippen LogP contribution in [-0.4, -0.2) is 0 Å². The van der Waals surface area contributed by atoms with Crippen LogP contribution in [0.3, 0.4) is 0 Å². The molecule has 0 spiro atoms. The molecule has 0 unspecified atom stereocenters. The van der Waals surface area contributed by atoms with Gasteiger partial charge in [-0.05, 0) is 44.9 Å². The van der Waals surface area contributed by atoms with E-state index in [4.69, 9.17) is 0 Å². The van der Waals surface area contributed by atoms with Gasteiger partial charge in [0.05, 0.1) is 0 Å². The topological polar surface area (TPSA) is 0 Å². The Morgan fingerprint density at radius 3 is 1.92 bits per heavy atom. The second-order valence-electron chi connectivity index (χ2n) is 3.34. The van der Waals surface area contributed by atoms with Gasteiger partial charge in [-0.3, -0.25) is 0 Å². The van der Waals surface area contributed by atoms with Crippen molar-refractivity contribution in [3.05, 3.63) is 42.9 Å². The van der Waals surface area contributed by atoms with Crippen LogP contribution in [-0.2, 0) is 0 Å². The molecule has 71 valence electrons. The fraction of sp³-hybridized carbons (Fsp3) is 0.462. The molecule has 0 saturated carbocycles. The molecular formula is C13H19. The maximum atomic E-state index is 2.37. The van der Waals surface area contributed by atoms with E-state index in [0.29, 0.717) is 0 Å². The third-order valence-corrected chi connectivity index (χ3v) is 2.13. The lowest BCUT2D eigenvalue weighted by Gasteiger charge is -1.93. The third kappa shape index (κ3) is 6.39. The molecule has 1 aliphatic rings. The van der Waals surface area contributed by atoms with Crippen molar-refractivity contribution in [2.24, 2.45) is 0 Å². The Labute approximate surface area is 82.0 Å². The smallest absolute Gasteiger partial charge is 0.0169 e. The summed E-state index contributed by atoms with van der Waals surface area (Å²) in [6.07, 6.45) is 23.0. The van der Waals surface area contributed by atoms with Crippen LogP contribution in [0, 0.1) is 6.42 Å². The molecule has 0 bridgehead atoms. The lowest BCUT2D eigenvalue weighted by molar-refractivity contribution is 0.810. The van der Waals surface area contributed by atoms with Crippen molar-refractivity contribution < 1.29 is 0 Å². The van der Waals surface area contributed by atoms with Crippen LogP contribution in [0.15, 0.2) is 36.5 Å². The highest BCUT2D eigenvalue weighted by Crippen LogP contribution is 2.05. The molecule has 0 heterocycles. The monoisotopic (exact) mass is 175 g/mol. The average molecular weight is 175 g/mol. The Balaban J connectivity index is 2.28. The van der Waals surface area contributed by atoms with E-state index < -0.39 is 0 Å². The highest BCUT2D eigenvalue weighted by Gasteiger charge is 1.86. The van der Waals surface area contributed by atoms with Gasteiger partial charge in [0, 0.05) is 0 Å². The summed E-state index contributed by atoms with van der Waals surface area (Å²) in [6.45, 7) is 0. The zero-order valence-corrected chi connectivity index (χ0v) is 8.28. The van der Waals surface area contributed by atoms with E-state index in [0.717, 1.165) is 19.3 Å². The summed E-state index contributed by atoms with van der Waals surface area (Å²) in [5, 5.41) is 0. The van der Waals surface area contributed by atoms with Crippen molar-refractivity contribution in [3.8, 4) is 0 Å². The standard InChI is InChI=1S/C13H19/c1-2-4-6-8-10-12-13-11-9-7-5-3-1/h1-2,5-8,11H,3-4,9-10,12-13H2/b2-1-,7-5-,8-6+. The molecule has 1 aliphatic carbocycles. The van der Waals surface area contributed by atoms with Gasteiger partial charge in [-0.1, -0.05) is 36.5 Å². The second-order valence-corrected chi connectivity index (χ2v) is 3.34. The molecule has 1 rings (SSSR count). The van der Waals surface area contributed by atoms with Crippen molar-refractivity contribution in [1.82, 2.24) is 0 Å². The largest absolute Gasteiger partial charge is 0.0882 e. The molecule has 0 aromatic heterocycles. The van der Waals surface area contributed by atoms with Crippen LogP contribution in [0.25, 0.3) is 0 Å². The van der Waals surface area contributed by atoms with Gasteiger partial charge in [-0.25, -0.2) is 0 Å². The number of rotatable bonds is 0. The van der Waals surface area contributed by atoms with Crippen LogP contribution in [0.5, 0.6) is 0 Å². The van der Waals surface area contributed by atoms with Crippen LogP contribution >= 0.6 is 0 Å². The number of allylic oxidation sites excluding steroid dienone is 6. The van der Waals surface area contributed by atoms with Gasteiger partial charge >= 0.3 is 0 Å². The predicted molar refractivity (Wildman–Crippen MR) is 59.4 cm³/mol. The van der Waals surface area contributed by atoms with Crippen LogP contribution in [0.1, 0.15) is 38.5 Å². The quantitative estimate of drug-likeness (QED) is 0.484. The summed E-state index contributed by atoms with van der Waals surface area (Å²) in [6, 6.07) is 0. The lowest BCUT2D eigenvalue weighted by Crippen LogP contribution is -1.75. The minimum absolute atomic E-state index is 1.08. The van der Waals surface area contributed by atoms with Crippen molar-refractivity contribution >= 4 is 0 Å². The van der Waals surface area contributed by atoms with Crippen LogP contribution in [0.4, 0.5) is 0 Å². The lowest BCUT2D eigenvalue weighted by atomic mass is 10.1. The molecule has 1 radical (unpaired) electrons. The summed E-state index contributed by atoms with van der Waals surface area (Å²) in [5.41, 5.74) is 0. The minimum Gasteiger partial charge on any atom is -0.0882 e. The first kappa shape index (κ1) is 10.3. The maximum Gasteiger partial charge on any atom is -0.0169 e. The van der Waals surface area contributed by atoms with E-state index in [-0.39, 0.29) is 0 Å². The zero-order valence-electron chi connectivity index (χ0n) is 8.28. The van der Waals surface area contributed by atoms with Gasteiger partial charge in [0.15, 0.2) is 0 Å². The summed E-state index contributed by atoms with van der Waals surface area (Å²) < 4.78 is 0. The first-order valence-corrected chi connectivity index (χ1v) is 5.27. The maximum absolute atomic E-state index is 2.37. The van der Waals surface area contributed by atoms with Crippen LogP contribution < -0.4 is 0 Å². The van der Waals surface area contributed by atoms with E-state index >= 15 is 0 Å². The Morgan fingerprint density at radius 2 is 1.15 bits per heavy atom. The third-order valence-electron chi connectivity index (χ3n) is 2.13. The molecule has 0 aliphatic heterocycles. The predicted octanol–water partition coefficient (Wildman–Crippen LogP) is 4.21.